The molecule has 5 rings (SSSR count). The van der Waals surface area contributed by atoms with E-state index in [4.69, 9.17) is 4.74 Å². The molecule has 0 radical (unpaired) electrons. The molecule has 1 saturated carbocycles. The number of pyridine rings is 2. The van der Waals surface area contributed by atoms with E-state index in [2.05, 4.69) is 15.0 Å². The van der Waals surface area contributed by atoms with Gasteiger partial charge in [-0.2, -0.15) is 0 Å². The van der Waals surface area contributed by atoms with Gasteiger partial charge in [-0.1, -0.05) is 0 Å². The predicted octanol–water partition coefficient (Wildman–Crippen LogP) is 2.58. The number of likely N-dealkylation sites (tertiary alicyclic amines) is 1. The van der Waals surface area contributed by atoms with E-state index < -0.39 is 6.10 Å². The van der Waals surface area contributed by atoms with Gasteiger partial charge in [-0.15, -0.1) is 0 Å². The lowest BCUT2D eigenvalue weighted by Gasteiger charge is -2.35. The fourth-order valence-corrected chi connectivity index (χ4v) is 5.18. The summed E-state index contributed by atoms with van der Waals surface area (Å²) >= 11 is 0. The average Bonchev–Trinajstić information content (AvgIpc) is 3.30. The van der Waals surface area contributed by atoms with E-state index in [9.17, 15) is 9.90 Å². The summed E-state index contributed by atoms with van der Waals surface area (Å²) in [6.45, 7) is 7.09. The maximum Gasteiger partial charge on any atom is 0.256 e. The maximum atomic E-state index is 13.4. The number of hydrogen-bond donors (Lipinski definition) is 1. The average molecular weight is 436 g/mol. The second-order valence-corrected chi connectivity index (χ2v) is 9.21. The molecule has 0 spiro atoms. The Morgan fingerprint density at radius 2 is 1.84 bits per heavy atom. The van der Waals surface area contributed by atoms with Gasteiger partial charge >= 0.3 is 0 Å². The minimum Gasteiger partial charge on any atom is -0.486 e. The van der Waals surface area contributed by atoms with Gasteiger partial charge in [0, 0.05) is 32.0 Å². The highest BCUT2D eigenvalue weighted by Gasteiger charge is 2.44. The van der Waals surface area contributed by atoms with Gasteiger partial charge < -0.3 is 19.3 Å². The van der Waals surface area contributed by atoms with E-state index >= 15 is 0 Å². The third-order valence-corrected chi connectivity index (χ3v) is 7.04. The van der Waals surface area contributed by atoms with E-state index in [0.717, 1.165) is 29.3 Å². The van der Waals surface area contributed by atoms with Gasteiger partial charge in [-0.25, -0.2) is 9.97 Å². The number of aliphatic hydroxyl groups excluding tert-OH is 1. The van der Waals surface area contributed by atoms with Crippen molar-refractivity contribution in [2.24, 2.45) is 18.9 Å². The number of rotatable bonds is 3. The summed E-state index contributed by atoms with van der Waals surface area (Å²) < 4.78 is 8.08. The van der Waals surface area contributed by atoms with Crippen LogP contribution in [0.3, 0.4) is 0 Å². The number of imidazole rings is 1. The summed E-state index contributed by atoms with van der Waals surface area (Å²) in [7, 11) is 1.91. The van der Waals surface area contributed by atoms with E-state index in [0.29, 0.717) is 42.3 Å². The van der Waals surface area contributed by atoms with Crippen molar-refractivity contribution in [2.75, 3.05) is 13.1 Å². The van der Waals surface area contributed by atoms with Gasteiger partial charge in [-0.05, 0) is 63.6 Å². The highest BCUT2D eigenvalue weighted by atomic mass is 16.5. The quantitative estimate of drug-likeness (QED) is 0.680. The van der Waals surface area contributed by atoms with Crippen LogP contribution in [0.5, 0.6) is 5.75 Å². The first-order valence-corrected chi connectivity index (χ1v) is 11.2. The van der Waals surface area contributed by atoms with Crippen LogP contribution in [0.25, 0.3) is 11.2 Å². The maximum absolute atomic E-state index is 13.4. The van der Waals surface area contributed by atoms with Crippen LogP contribution in [0, 0.1) is 32.6 Å². The smallest absolute Gasteiger partial charge is 0.256 e. The Bertz CT molecular complexity index is 1190. The van der Waals surface area contributed by atoms with Gasteiger partial charge in [0.05, 0.1) is 17.4 Å². The molecule has 8 heteroatoms. The summed E-state index contributed by atoms with van der Waals surface area (Å²) in [5.74, 6) is 2.10. The molecule has 1 saturated heterocycles. The number of ether oxygens (including phenoxy) is 1. The molecule has 1 aliphatic heterocycles. The van der Waals surface area contributed by atoms with Gasteiger partial charge in [0.15, 0.2) is 5.65 Å². The monoisotopic (exact) mass is 435 g/mol. The third-order valence-electron chi connectivity index (χ3n) is 7.04. The molecule has 1 aliphatic carbocycles. The molecule has 4 heterocycles. The van der Waals surface area contributed by atoms with Crippen LogP contribution in [0.2, 0.25) is 0 Å². The standard InChI is InChI=1S/C24H29N5O3/c1-13-5-6-20(14(2)26-13)32-21-10-17-12-29(11-16(17)9-19(21)30)24(31)18-7-8-25-23-22(18)27-15(3)28(23)4/h5-8,16-17,19,21,30H,9-12H2,1-4H3/t16-,17+,19+,21+/m0/s1. The first-order chi connectivity index (χ1) is 15.3. The minimum atomic E-state index is -0.557. The molecule has 2 fully saturated rings. The number of aliphatic hydroxyl groups is 1. The van der Waals surface area contributed by atoms with Gasteiger partial charge in [0.1, 0.15) is 23.2 Å². The molecular formula is C24H29N5O3. The lowest BCUT2D eigenvalue weighted by atomic mass is 9.78. The minimum absolute atomic E-state index is 0.0181. The van der Waals surface area contributed by atoms with Crippen molar-refractivity contribution in [1.29, 1.82) is 0 Å². The molecule has 0 bridgehead atoms. The largest absolute Gasteiger partial charge is 0.486 e. The summed E-state index contributed by atoms with van der Waals surface area (Å²) in [6, 6.07) is 5.60. The van der Waals surface area contributed by atoms with Crippen LogP contribution in [0.4, 0.5) is 0 Å². The number of hydrogen-bond acceptors (Lipinski definition) is 6. The first-order valence-electron chi connectivity index (χ1n) is 11.2. The Balaban J connectivity index is 1.33. The Kier molecular flexibility index (Phi) is 5.12. The number of fused-ring (bicyclic) bond motifs is 2. The van der Waals surface area contributed by atoms with Crippen molar-refractivity contribution in [1.82, 2.24) is 24.4 Å². The number of aryl methyl sites for hydroxylation is 4. The molecule has 1 N–H and O–H groups in total. The lowest BCUT2D eigenvalue weighted by Crippen LogP contribution is -2.42. The van der Waals surface area contributed by atoms with Crippen LogP contribution < -0.4 is 4.74 Å². The second kappa shape index (κ2) is 7.85. The Hall–Kier alpha value is -3.00. The summed E-state index contributed by atoms with van der Waals surface area (Å²) in [6.07, 6.45) is 2.17. The van der Waals surface area contributed by atoms with Crippen molar-refractivity contribution in [3.8, 4) is 5.75 Å². The van der Waals surface area contributed by atoms with Crippen LogP contribution in [-0.4, -0.2) is 60.7 Å². The van der Waals surface area contributed by atoms with Gasteiger partial charge in [0.2, 0.25) is 0 Å². The van der Waals surface area contributed by atoms with Gasteiger partial charge in [0.25, 0.3) is 5.91 Å². The van der Waals surface area contributed by atoms with Gasteiger partial charge in [-0.3, -0.25) is 9.78 Å². The molecule has 8 nitrogen and oxygen atoms in total. The Labute approximate surface area is 187 Å². The number of aromatic nitrogens is 4. The molecule has 168 valence electrons. The van der Waals surface area contributed by atoms with Crippen molar-refractivity contribution in [3.05, 3.63) is 47.2 Å². The summed E-state index contributed by atoms with van der Waals surface area (Å²) in [4.78, 5) is 28.7. The molecule has 2 aliphatic rings. The van der Waals surface area contributed by atoms with Crippen LogP contribution >= 0.6 is 0 Å². The fourth-order valence-electron chi connectivity index (χ4n) is 5.18. The molecule has 0 unspecified atom stereocenters. The van der Waals surface area contributed by atoms with E-state index in [-0.39, 0.29) is 17.9 Å². The normalized spacial score (nSPS) is 25.2. The molecule has 3 aromatic rings. The van der Waals surface area contributed by atoms with Crippen LogP contribution in [-0.2, 0) is 7.05 Å². The van der Waals surface area contributed by atoms with Crippen LogP contribution in [0.1, 0.15) is 40.4 Å². The Morgan fingerprint density at radius 1 is 1.09 bits per heavy atom. The lowest BCUT2D eigenvalue weighted by molar-refractivity contribution is -0.0236. The summed E-state index contributed by atoms with van der Waals surface area (Å²) in [5, 5.41) is 10.8. The highest BCUT2D eigenvalue weighted by Crippen LogP contribution is 2.39. The predicted molar refractivity (Wildman–Crippen MR) is 119 cm³/mol. The van der Waals surface area contributed by atoms with E-state index in [1.807, 2.05) is 49.4 Å². The molecule has 0 aromatic carbocycles. The summed E-state index contributed by atoms with van der Waals surface area (Å²) in [5.41, 5.74) is 3.73. The number of nitrogens with zero attached hydrogens (tertiary/aromatic N) is 5. The number of amides is 1. The van der Waals surface area contributed by atoms with E-state index in [1.54, 1.807) is 12.3 Å². The van der Waals surface area contributed by atoms with Crippen molar-refractivity contribution < 1.29 is 14.6 Å². The van der Waals surface area contributed by atoms with Crippen molar-refractivity contribution in [2.45, 2.75) is 45.8 Å². The SMILES string of the molecule is Cc1ccc(O[C@@H]2C[C@@H]3CN(C(=O)c4ccnc5c4nc(C)n5C)C[C@@H]3C[C@H]2O)c(C)n1. The third kappa shape index (κ3) is 3.52. The molecule has 32 heavy (non-hydrogen) atoms. The second-order valence-electron chi connectivity index (χ2n) is 9.21. The zero-order chi connectivity index (χ0) is 22.6. The molecule has 4 atom stereocenters. The fraction of sp³-hybridized carbons (Fsp3) is 0.500. The highest BCUT2D eigenvalue weighted by molar-refractivity contribution is 6.04. The molecular weight excluding hydrogens is 406 g/mol. The number of carbonyl (C=O) groups is 1. The van der Waals surface area contributed by atoms with E-state index in [1.165, 1.54) is 0 Å². The van der Waals surface area contributed by atoms with Crippen molar-refractivity contribution in [3.63, 3.8) is 0 Å². The zero-order valence-electron chi connectivity index (χ0n) is 18.9. The molecule has 3 aromatic heterocycles. The number of carbonyl (C=O) groups excluding carboxylic acids is 1. The Morgan fingerprint density at radius 3 is 2.59 bits per heavy atom. The first kappa shape index (κ1) is 20.9. The topological polar surface area (TPSA) is 93.4 Å². The van der Waals surface area contributed by atoms with Crippen LogP contribution in [0.15, 0.2) is 24.4 Å². The molecule has 1 amide bonds. The zero-order valence-corrected chi connectivity index (χ0v) is 18.9. The van der Waals surface area contributed by atoms with Crippen molar-refractivity contribution >= 4 is 17.1 Å².